The molecule has 14 heavy (non-hydrogen) atoms. The van der Waals surface area contributed by atoms with Crippen molar-refractivity contribution < 1.29 is 4.74 Å². The molecule has 2 rings (SSSR count). The molecule has 1 aromatic carbocycles. The average molecular weight is 207 g/mol. The minimum absolute atomic E-state index is 0.767. The maximum Gasteiger partial charge on any atom is 0.145 e. The van der Waals surface area contributed by atoms with E-state index in [0.29, 0.717) is 0 Å². The van der Waals surface area contributed by atoms with Gasteiger partial charge in [0.25, 0.3) is 0 Å². The molecule has 2 aromatic rings. The molecule has 2 nitrogen and oxygen atoms in total. The molecule has 0 aliphatic rings. The highest BCUT2D eigenvalue weighted by Gasteiger charge is 2.10. The lowest BCUT2D eigenvalue weighted by atomic mass is 10.1. The molecular formula is C11H13NOS. The molecular weight excluding hydrogens is 194 g/mol. The second kappa shape index (κ2) is 3.50. The molecule has 0 saturated carbocycles. The number of nitrogen functional groups attached to an aromatic ring is 1. The summed E-state index contributed by atoms with van der Waals surface area (Å²) >= 11 is 1.71. The first-order valence-corrected chi connectivity index (χ1v) is 5.48. The smallest absolute Gasteiger partial charge is 0.145 e. The molecule has 3 heteroatoms. The van der Waals surface area contributed by atoms with Crippen LogP contribution in [0.25, 0.3) is 10.1 Å². The number of nitrogens with two attached hydrogens (primary N) is 1. The summed E-state index contributed by atoms with van der Waals surface area (Å²) in [7, 11) is 1.67. The highest BCUT2D eigenvalue weighted by molar-refractivity contribution is 7.17. The molecule has 0 aliphatic carbocycles. The van der Waals surface area contributed by atoms with Gasteiger partial charge in [-0.15, -0.1) is 11.3 Å². The number of rotatable bonds is 2. The van der Waals surface area contributed by atoms with E-state index in [1.54, 1.807) is 18.4 Å². The number of hydrogen-bond donors (Lipinski definition) is 1. The molecule has 0 atom stereocenters. The third kappa shape index (κ3) is 1.24. The van der Waals surface area contributed by atoms with Crippen LogP contribution in [-0.4, -0.2) is 7.11 Å². The van der Waals surface area contributed by atoms with Gasteiger partial charge in [-0.2, -0.15) is 0 Å². The Labute approximate surface area is 87.3 Å². The van der Waals surface area contributed by atoms with Crippen LogP contribution in [0.3, 0.4) is 0 Å². The highest BCUT2D eigenvalue weighted by atomic mass is 32.1. The SMILES string of the molecule is CCc1cc2sccc2c(N)c1OC. The Hall–Kier alpha value is -1.22. The van der Waals surface area contributed by atoms with Gasteiger partial charge in [0.15, 0.2) is 0 Å². The second-order valence-corrected chi connectivity index (χ2v) is 4.12. The standard InChI is InChI=1S/C11H13NOS/c1-3-7-6-9-8(4-5-14-9)10(12)11(7)13-2/h4-6H,3,12H2,1-2H3. The lowest BCUT2D eigenvalue weighted by molar-refractivity contribution is 0.413. The van der Waals surface area contributed by atoms with E-state index in [-0.39, 0.29) is 0 Å². The molecule has 0 spiro atoms. The van der Waals surface area contributed by atoms with Crippen molar-refractivity contribution in [1.82, 2.24) is 0 Å². The van der Waals surface area contributed by atoms with Crippen molar-refractivity contribution in [2.75, 3.05) is 12.8 Å². The van der Waals surface area contributed by atoms with Gasteiger partial charge in [-0.25, -0.2) is 0 Å². The summed E-state index contributed by atoms with van der Waals surface area (Å²) < 4.78 is 6.56. The first kappa shape index (κ1) is 9.34. The predicted octanol–water partition coefficient (Wildman–Crippen LogP) is 3.05. The molecule has 0 bridgehead atoms. The molecule has 1 aromatic heterocycles. The Morgan fingerprint density at radius 3 is 2.93 bits per heavy atom. The van der Waals surface area contributed by atoms with Gasteiger partial charge < -0.3 is 10.5 Å². The summed E-state index contributed by atoms with van der Waals surface area (Å²) in [5, 5.41) is 3.16. The number of fused-ring (bicyclic) bond motifs is 1. The summed E-state index contributed by atoms with van der Waals surface area (Å²) in [6.07, 6.45) is 0.946. The van der Waals surface area contributed by atoms with Gasteiger partial charge in [-0.1, -0.05) is 6.92 Å². The van der Waals surface area contributed by atoms with Crippen LogP contribution < -0.4 is 10.5 Å². The summed E-state index contributed by atoms with van der Waals surface area (Å²) in [6, 6.07) is 4.20. The van der Waals surface area contributed by atoms with Gasteiger partial charge in [-0.05, 0) is 29.5 Å². The third-order valence-electron chi connectivity index (χ3n) is 2.41. The van der Waals surface area contributed by atoms with Crippen molar-refractivity contribution in [3.63, 3.8) is 0 Å². The van der Waals surface area contributed by atoms with Crippen molar-refractivity contribution in [3.8, 4) is 5.75 Å². The highest BCUT2D eigenvalue weighted by Crippen LogP contribution is 2.37. The number of benzene rings is 1. The summed E-state index contributed by atoms with van der Waals surface area (Å²) in [5.74, 6) is 0.832. The van der Waals surface area contributed by atoms with Crippen LogP contribution in [0.1, 0.15) is 12.5 Å². The number of aryl methyl sites for hydroxylation is 1. The Morgan fingerprint density at radius 1 is 1.50 bits per heavy atom. The van der Waals surface area contributed by atoms with Gasteiger partial charge in [-0.3, -0.25) is 0 Å². The van der Waals surface area contributed by atoms with Crippen LogP contribution in [0, 0.1) is 0 Å². The lowest BCUT2D eigenvalue weighted by Crippen LogP contribution is -1.97. The van der Waals surface area contributed by atoms with E-state index in [9.17, 15) is 0 Å². The van der Waals surface area contributed by atoms with E-state index in [0.717, 1.165) is 23.2 Å². The van der Waals surface area contributed by atoms with Gasteiger partial charge in [0.1, 0.15) is 5.75 Å². The molecule has 1 heterocycles. The van der Waals surface area contributed by atoms with Gasteiger partial charge >= 0.3 is 0 Å². The fourth-order valence-electron chi connectivity index (χ4n) is 1.68. The maximum absolute atomic E-state index is 6.03. The van der Waals surface area contributed by atoms with Gasteiger partial charge in [0.05, 0.1) is 12.8 Å². The van der Waals surface area contributed by atoms with Crippen molar-refractivity contribution in [1.29, 1.82) is 0 Å². The van der Waals surface area contributed by atoms with Crippen molar-refractivity contribution in [2.45, 2.75) is 13.3 Å². The van der Waals surface area contributed by atoms with Gasteiger partial charge in [0.2, 0.25) is 0 Å². The van der Waals surface area contributed by atoms with E-state index in [1.165, 1.54) is 10.3 Å². The zero-order valence-corrected chi connectivity index (χ0v) is 9.15. The molecule has 2 N–H and O–H groups in total. The molecule has 0 amide bonds. The molecule has 0 fully saturated rings. The largest absolute Gasteiger partial charge is 0.494 e. The van der Waals surface area contributed by atoms with Crippen molar-refractivity contribution in [3.05, 3.63) is 23.1 Å². The average Bonchev–Trinajstić information content (AvgIpc) is 2.65. The lowest BCUT2D eigenvalue weighted by Gasteiger charge is -2.10. The van der Waals surface area contributed by atoms with E-state index in [4.69, 9.17) is 10.5 Å². The Kier molecular flexibility index (Phi) is 2.33. The molecule has 74 valence electrons. The molecule has 0 saturated heterocycles. The van der Waals surface area contributed by atoms with Crippen LogP contribution >= 0.6 is 11.3 Å². The first-order chi connectivity index (χ1) is 6.77. The predicted molar refractivity (Wildman–Crippen MR) is 62.2 cm³/mol. The minimum Gasteiger partial charge on any atom is -0.494 e. The number of ether oxygens (including phenoxy) is 1. The summed E-state index contributed by atoms with van der Waals surface area (Å²) in [5.41, 5.74) is 7.98. The Morgan fingerprint density at radius 2 is 2.29 bits per heavy atom. The number of hydrogen-bond acceptors (Lipinski definition) is 3. The summed E-state index contributed by atoms with van der Waals surface area (Å²) in [6.45, 7) is 2.11. The van der Waals surface area contributed by atoms with E-state index >= 15 is 0 Å². The quantitative estimate of drug-likeness (QED) is 0.768. The van der Waals surface area contributed by atoms with Crippen LogP contribution in [0.2, 0.25) is 0 Å². The van der Waals surface area contributed by atoms with Crippen LogP contribution in [0.4, 0.5) is 5.69 Å². The Bertz CT molecular complexity index is 462. The molecule has 0 unspecified atom stereocenters. The maximum atomic E-state index is 6.03. The van der Waals surface area contributed by atoms with E-state index in [1.807, 2.05) is 6.07 Å². The molecule has 0 aliphatic heterocycles. The van der Waals surface area contributed by atoms with Crippen molar-refractivity contribution in [2.24, 2.45) is 0 Å². The van der Waals surface area contributed by atoms with E-state index in [2.05, 4.69) is 18.4 Å². The number of methoxy groups -OCH3 is 1. The molecule has 0 radical (unpaired) electrons. The zero-order chi connectivity index (χ0) is 10.1. The number of anilines is 1. The minimum atomic E-state index is 0.767. The van der Waals surface area contributed by atoms with Crippen LogP contribution in [0.5, 0.6) is 5.75 Å². The van der Waals surface area contributed by atoms with Crippen LogP contribution in [0.15, 0.2) is 17.5 Å². The Balaban J connectivity index is 2.79. The van der Waals surface area contributed by atoms with Crippen molar-refractivity contribution >= 4 is 27.1 Å². The third-order valence-corrected chi connectivity index (χ3v) is 3.28. The van der Waals surface area contributed by atoms with Crippen LogP contribution in [-0.2, 0) is 6.42 Å². The zero-order valence-electron chi connectivity index (χ0n) is 8.33. The fraction of sp³-hybridized carbons (Fsp3) is 0.273. The normalized spacial score (nSPS) is 10.7. The topological polar surface area (TPSA) is 35.2 Å². The first-order valence-electron chi connectivity index (χ1n) is 4.60. The second-order valence-electron chi connectivity index (χ2n) is 3.17. The van der Waals surface area contributed by atoms with Gasteiger partial charge in [0, 0.05) is 10.1 Å². The number of thiophene rings is 1. The van der Waals surface area contributed by atoms with E-state index < -0.39 is 0 Å². The monoisotopic (exact) mass is 207 g/mol. The fourth-order valence-corrected chi connectivity index (χ4v) is 2.54. The summed E-state index contributed by atoms with van der Waals surface area (Å²) in [4.78, 5) is 0.